The number of imidazole rings is 1. The second-order valence-electron chi connectivity index (χ2n) is 12.3. The number of aliphatic hydroxyl groups is 2. The van der Waals surface area contributed by atoms with Crippen LogP contribution in [0.1, 0.15) is 61.3 Å². The van der Waals surface area contributed by atoms with E-state index in [1.54, 1.807) is 30.7 Å². The maximum atomic E-state index is 15.0. The number of rotatable bonds is 4. The van der Waals surface area contributed by atoms with Crippen molar-refractivity contribution in [2.45, 2.75) is 56.3 Å². The lowest BCUT2D eigenvalue weighted by Gasteiger charge is -2.62. The topological polar surface area (TPSA) is 82.1 Å². The zero-order valence-electron chi connectivity index (χ0n) is 19.9. The van der Waals surface area contributed by atoms with Gasteiger partial charge in [-0.15, -0.1) is 0 Å². The second kappa shape index (κ2) is 6.65. The fraction of sp³-hybridized carbons (Fsp3) is 0.467. The first-order chi connectivity index (χ1) is 17.4. The maximum absolute atomic E-state index is 15.0. The third-order valence-electron chi connectivity index (χ3n) is 11.0. The quantitative estimate of drug-likeness (QED) is 0.554. The van der Waals surface area contributed by atoms with E-state index in [1.165, 1.54) is 6.07 Å². The Kier molecular flexibility index (Phi) is 3.90. The Hall–Kier alpha value is -3.01. The van der Waals surface area contributed by atoms with Gasteiger partial charge in [-0.05, 0) is 90.9 Å². The summed E-state index contributed by atoms with van der Waals surface area (Å²) in [6, 6.07) is 14.5. The highest BCUT2D eigenvalue weighted by atomic mass is 19.1. The van der Waals surface area contributed by atoms with E-state index < -0.39 is 11.7 Å². The number of aromatic nitrogens is 2. The Balaban J connectivity index is 1.14. The molecule has 36 heavy (non-hydrogen) atoms. The van der Waals surface area contributed by atoms with Gasteiger partial charge < -0.3 is 14.8 Å². The van der Waals surface area contributed by atoms with Crippen LogP contribution < -0.4 is 0 Å². The van der Waals surface area contributed by atoms with E-state index in [4.69, 9.17) is 0 Å². The van der Waals surface area contributed by atoms with Crippen molar-refractivity contribution in [2.24, 2.45) is 28.6 Å². The number of aliphatic hydroxyl groups excluding tert-OH is 1. The van der Waals surface area contributed by atoms with Crippen molar-refractivity contribution in [2.75, 3.05) is 0 Å². The molecule has 0 radical (unpaired) electrons. The lowest BCUT2D eigenvalue weighted by Crippen LogP contribution is -2.62. The monoisotopic (exact) mass is 481 g/mol. The van der Waals surface area contributed by atoms with Crippen LogP contribution in [0.3, 0.4) is 0 Å². The summed E-state index contributed by atoms with van der Waals surface area (Å²) in [5, 5.41) is 33.3. The molecular formula is C30H28FN3O2. The van der Waals surface area contributed by atoms with Crippen molar-refractivity contribution in [3.05, 3.63) is 77.5 Å². The van der Waals surface area contributed by atoms with Gasteiger partial charge >= 0.3 is 0 Å². The van der Waals surface area contributed by atoms with Crippen molar-refractivity contribution < 1.29 is 14.6 Å². The van der Waals surface area contributed by atoms with Crippen LogP contribution in [0.15, 0.2) is 55.0 Å². The predicted molar refractivity (Wildman–Crippen MR) is 130 cm³/mol. The molecule has 3 bridgehead atoms. The van der Waals surface area contributed by atoms with Gasteiger partial charge in [0.15, 0.2) is 0 Å². The lowest BCUT2D eigenvalue weighted by molar-refractivity contribution is -0.235. The van der Waals surface area contributed by atoms with Crippen molar-refractivity contribution in [1.29, 1.82) is 5.26 Å². The molecule has 2 aromatic carbocycles. The Bertz CT molecular complexity index is 1460. The fourth-order valence-corrected chi connectivity index (χ4v) is 9.91. The van der Waals surface area contributed by atoms with Gasteiger partial charge in [0.25, 0.3) is 0 Å². The normalized spacial score (nSPS) is 39.3. The molecule has 5 nitrogen and oxygen atoms in total. The van der Waals surface area contributed by atoms with E-state index in [0.29, 0.717) is 23.5 Å². The van der Waals surface area contributed by atoms with Crippen LogP contribution in [-0.4, -0.2) is 25.9 Å². The molecule has 2 heterocycles. The summed E-state index contributed by atoms with van der Waals surface area (Å²) in [4.78, 5) is 4.31. The molecule has 3 aromatic rings. The summed E-state index contributed by atoms with van der Waals surface area (Å²) < 4.78 is 17.1. The number of hydrogen-bond acceptors (Lipinski definition) is 4. The van der Waals surface area contributed by atoms with Crippen LogP contribution in [0.25, 0.3) is 11.3 Å². The highest BCUT2D eigenvalue weighted by Gasteiger charge is 2.81. The molecule has 8 unspecified atom stereocenters. The Morgan fingerprint density at radius 3 is 2.78 bits per heavy atom. The first-order valence-corrected chi connectivity index (χ1v) is 13.1. The number of halogens is 1. The van der Waals surface area contributed by atoms with E-state index in [9.17, 15) is 15.5 Å². The molecular weight excluding hydrogens is 453 g/mol. The molecule has 4 aliphatic carbocycles. The van der Waals surface area contributed by atoms with E-state index in [0.717, 1.165) is 48.9 Å². The van der Waals surface area contributed by atoms with Crippen LogP contribution in [0.2, 0.25) is 0 Å². The first-order valence-electron chi connectivity index (χ1n) is 13.1. The minimum atomic E-state index is -0.895. The average Bonchev–Trinajstić information content (AvgIpc) is 3.59. The van der Waals surface area contributed by atoms with Crippen molar-refractivity contribution in [3.8, 4) is 17.3 Å². The molecule has 4 saturated carbocycles. The first kappa shape index (κ1) is 21.1. The van der Waals surface area contributed by atoms with E-state index in [1.807, 2.05) is 22.8 Å². The maximum Gasteiger partial charge on any atom is 0.129 e. The van der Waals surface area contributed by atoms with Crippen LogP contribution in [-0.2, 0) is 5.60 Å². The Labute approximate surface area is 209 Å². The van der Waals surface area contributed by atoms with Gasteiger partial charge in [-0.2, -0.15) is 5.26 Å². The SMILES string of the molecule is N#Cc1ccc(C2(O)C3CC4CC5(C(O)CC6c7c(F)cccc7-c7cncn76)CC2C3(C4)C5)cc1. The molecule has 182 valence electrons. The summed E-state index contributed by atoms with van der Waals surface area (Å²) in [5.41, 5.74) is 2.89. The van der Waals surface area contributed by atoms with E-state index in [2.05, 4.69) is 11.1 Å². The van der Waals surface area contributed by atoms with Crippen LogP contribution in [0, 0.1) is 45.7 Å². The van der Waals surface area contributed by atoms with Crippen molar-refractivity contribution >= 4 is 0 Å². The summed E-state index contributed by atoms with van der Waals surface area (Å²) in [6.07, 6.45) is 8.26. The van der Waals surface area contributed by atoms with Gasteiger partial charge in [0, 0.05) is 11.1 Å². The Morgan fingerprint density at radius 1 is 1.14 bits per heavy atom. The zero-order valence-corrected chi connectivity index (χ0v) is 19.9. The molecule has 1 aromatic heterocycles. The van der Waals surface area contributed by atoms with Gasteiger partial charge in [-0.3, -0.25) is 0 Å². The minimum Gasteiger partial charge on any atom is -0.392 e. The lowest BCUT2D eigenvalue weighted by atomic mass is 9.45. The summed E-state index contributed by atoms with van der Waals surface area (Å²) in [6.45, 7) is 0. The fourth-order valence-electron chi connectivity index (χ4n) is 9.91. The molecule has 1 aliphatic heterocycles. The van der Waals surface area contributed by atoms with Crippen LogP contribution in [0.5, 0.6) is 0 Å². The summed E-state index contributed by atoms with van der Waals surface area (Å²) >= 11 is 0. The predicted octanol–water partition coefficient (Wildman–Crippen LogP) is 4.93. The largest absolute Gasteiger partial charge is 0.392 e. The minimum absolute atomic E-state index is 0.0888. The second-order valence-corrected chi connectivity index (χ2v) is 12.3. The van der Waals surface area contributed by atoms with Gasteiger partial charge in [0.2, 0.25) is 0 Å². The Morgan fingerprint density at radius 2 is 1.97 bits per heavy atom. The number of fused-ring (bicyclic) bond motifs is 5. The molecule has 4 fully saturated rings. The van der Waals surface area contributed by atoms with Crippen LogP contribution >= 0.6 is 0 Å². The number of nitrogens with zero attached hydrogens (tertiary/aromatic N) is 3. The molecule has 2 N–H and O–H groups in total. The third-order valence-corrected chi connectivity index (χ3v) is 11.0. The highest BCUT2D eigenvalue weighted by Crippen LogP contribution is 2.84. The highest BCUT2D eigenvalue weighted by molar-refractivity contribution is 5.69. The smallest absolute Gasteiger partial charge is 0.129 e. The number of nitriles is 1. The molecule has 0 amide bonds. The molecule has 5 aliphatic rings. The molecule has 6 heteroatoms. The van der Waals surface area contributed by atoms with Gasteiger partial charge in [-0.1, -0.05) is 24.3 Å². The average molecular weight is 482 g/mol. The van der Waals surface area contributed by atoms with Gasteiger partial charge in [0.1, 0.15) is 5.82 Å². The molecule has 1 spiro atoms. The number of benzene rings is 2. The van der Waals surface area contributed by atoms with Crippen molar-refractivity contribution in [1.82, 2.24) is 9.55 Å². The summed E-state index contributed by atoms with van der Waals surface area (Å²) in [5.74, 6) is 0.595. The standard InChI is InChI=1S/C30H28FN3O2/c31-21-3-1-2-20-23-14-33-16-34(23)22(27(20)21)9-26(35)28-10-18-8-24-29(11-18,15-28)25(12-28)30(24,36)19-6-4-17(13-32)5-7-19/h1-7,14,16,18,22,24-26,35-36H,8-12,15H2. The van der Waals surface area contributed by atoms with Crippen molar-refractivity contribution in [3.63, 3.8) is 0 Å². The van der Waals surface area contributed by atoms with E-state index in [-0.39, 0.29) is 34.5 Å². The molecule has 8 atom stereocenters. The van der Waals surface area contributed by atoms with Gasteiger partial charge in [0.05, 0.1) is 47.6 Å². The van der Waals surface area contributed by atoms with Gasteiger partial charge in [-0.25, -0.2) is 9.37 Å². The summed E-state index contributed by atoms with van der Waals surface area (Å²) in [7, 11) is 0. The van der Waals surface area contributed by atoms with Crippen LogP contribution in [0.4, 0.5) is 4.39 Å². The number of hydrogen-bond donors (Lipinski definition) is 2. The molecule has 0 saturated heterocycles. The third kappa shape index (κ3) is 2.30. The van der Waals surface area contributed by atoms with E-state index >= 15 is 4.39 Å². The zero-order chi connectivity index (χ0) is 24.4. The molecule has 8 rings (SSSR count).